The van der Waals surface area contributed by atoms with Gasteiger partial charge in [-0.05, 0) is 55.3 Å². The molecular weight excluding hydrogens is 339 g/mol. The first-order valence-electron chi connectivity index (χ1n) is 6.71. The van der Waals surface area contributed by atoms with Gasteiger partial charge < -0.3 is 10.2 Å². The molecule has 1 fully saturated rings. The molecule has 1 saturated heterocycles. The molecule has 1 N–H and O–H groups in total. The molecule has 0 spiro atoms. The Kier molecular flexibility index (Phi) is 5.62. The normalized spacial score (nSPS) is 20.9. The molecule has 0 saturated carbocycles. The summed E-state index contributed by atoms with van der Waals surface area (Å²) in [5.74, 6) is 0.956. The minimum Gasteiger partial charge on any atom is -0.369 e. The van der Waals surface area contributed by atoms with Gasteiger partial charge in [-0.2, -0.15) is 0 Å². The summed E-state index contributed by atoms with van der Waals surface area (Å²) in [7, 11) is 0. The first kappa shape index (κ1) is 14.0. The van der Waals surface area contributed by atoms with Gasteiger partial charge in [0.15, 0.2) is 0 Å². The van der Waals surface area contributed by atoms with E-state index in [-0.39, 0.29) is 0 Å². The van der Waals surface area contributed by atoms with Gasteiger partial charge in [-0.25, -0.2) is 9.97 Å². The van der Waals surface area contributed by atoms with Gasteiger partial charge in [0.05, 0.1) is 3.57 Å². The Morgan fingerprint density at radius 3 is 3.17 bits per heavy atom. The zero-order valence-electron chi connectivity index (χ0n) is 10.9. The molecule has 1 unspecified atom stereocenters. The van der Waals surface area contributed by atoms with Crippen LogP contribution < -0.4 is 5.32 Å². The van der Waals surface area contributed by atoms with Gasteiger partial charge in [0.25, 0.3) is 0 Å². The molecule has 1 aliphatic heterocycles. The molecule has 4 nitrogen and oxygen atoms in total. The minimum atomic E-state index is 0.762. The standard InChI is InChI=1S/C13H21IN4/c1-11-5-2-3-7-18(11)8-4-6-16-13-12(14)9-15-10-17-13/h9-11H,2-8H2,1H3,(H,15,16,17). The highest BCUT2D eigenvalue weighted by Crippen LogP contribution is 2.16. The van der Waals surface area contributed by atoms with Crippen LogP contribution in [0, 0.1) is 3.57 Å². The van der Waals surface area contributed by atoms with Crippen molar-refractivity contribution in [1.82, 2.24) is 14.9 Å². The molecule has 0 radical (unpaired) electrons. The first-order valence-corrected chi connectivity index (χ1v) is 7.78. The predicted molar refractivity (Wildman–Crippen MR) is 82.7 cm³/mol. The second-order valence-electron chi connectivity index (χ2n) is 4.88. The zero-order chi connectivity index (χ0) is 12.8. The first-order chi connectivity index (χ1) is 8.77. The summed E-state index contributed by atoms with van der Waals surface area (Å²) < 4.78 is 1.08. The average Bonchev–Trinajstić information content (AvgIpc) is 2.38. The van der Waals surface area contributed by atoms with Crippen LogP contribution in [-0.4, -0.2) is 40.5 Å². The smallest absolute Gasteiger partial charge is 0.142 e. The number of rotatable bonds is 5. The topological polar surface area (TPSA) is 41.0 Å². The number of aromatic nitrogens is 2. The van der Waals surface area contributed by atoms with Crippen LogP contribution >= 0.6 is 22.6 Å². The third kappa shape index (κ3) is 4.05. The van der Waals surface area contributed by atoms with Gasteiger partial charge in [0.2, 0.25) is 0 Å². The molecule has 0 aliphatic carbocycles. The van der Waals surface area contributed by atoms with E-state index in [1.54, 1.807) is 6.33 Å². The molecule has 1 aliphatic rings. The van der Waals surface area contributed by atoms with Crippen LogP contribution in [-0.2, 0) is 0 Å². The lowest BCUT2D eigenvalue weighted by Gasteiger charge is -2.33. The van der Waals surface area contributed by atoms with Crippen LogP contribution in [0.1, 0.15) is 32.6 Å². The Morgan fingerprint density at radius 2 is 2.39 bits per heavy atom. The van der Waals surface area contributed by atoms with Crippen molar-refractivity contribution in [3.8, 4) is 0 Å². The van der Waals surface area contributed by atoms with E-state index in [2.05, 4.69) is 49.7 Å². The Bertz CT molecular complexity index is 372. The number of piperidine rings is 1. The quantitative estimate of drug-likeness (QED) is 0.648. The van der Waals surface area contributed by atoms with Crippen molar-refractivity contribution in [2.75, 3.05) is 25.0 Å². The number of hydrogen-bond acceptors (Lipinski definition) is 4. The largest absolute Gasteiger partial charge is 0.369 e. The summed E-state index contributed by atoms with van der Waals surface area (Å²) in [5, 5.41) is 3.38. The van der Waals surface area contributed by atoms with E-state index >= 15 is 0 Å². The van der Waals surface area contributed by atoms with Crippen molar-refractivity contribution in [2.24, 2.45) is 0 Å². The molecule has 100 valence electrons. The van der Waals surface area contributed by atoms with E-state index in [0.29, 0.717) is 0 Å². The van der Waals surface area contributed by atoms with Crippen LogP contribution in [0.5, 0.6) is 0 Å². The van der Waals surface area contributed by atoms with Crippen LogP contribution in [0.15, 0.2) is 12.5 Å². The van der Waals surface area contributed by atoms with Gasteiger partial charge in [-0.15, -0.1) is 0 Å². The number of nitrogens with zero attached hydrogens (tertiary/aromatic N) is 3. The van der Waals surface area contributed by atoms with E-state index in [4.69, 9.17) is 0 Å². The van der Waals surface area contributed by atoms with Crippen LogP contribution in [0.25, 0.3) is 0 Å². The lowest BCUT2D eigenvalue weighted by atomic mass is 10.0. The number of anilines is 1. The third-order valence-electron chi connectivity index (χ3n) is 3.52. The molecule has 2 rings (SSSR count). The molecule has 1 aromatic rings. The highest BCUT2D eigenvalue weighted by atomic mass is 127. The van der Waals surface area contributed by atoms with Gasteiger partial charge in [-0.1, -0.05) is 6.42 Å². The summed E-state index contributed by atoms with van der Waals surface area (Å²) in [5.41, 5.74) is 0. The summed E-state index contributed by atoms with van der Waals surface area (Å²) in [4.78, 5) is 10.8. The lowest BCUT2D eigenvalue weighted by Crippen LogP contribution is -2.38. The molecule has 18 heavy (non-hydrogen) atoms. The molecule has 1 atom stereocenters. The van der Waals surface area contributed by atoms with Crippen molar-refractivity contribution in [3.05, 3.63) is 16.1 Å². The fourth-order valence-electron chi connectivity index (χ4n) is 2.42. The monoisotopic (exact) mass is 360 g/mol. The van der Waals surface area contributed by atoms with Gasteiger partial charge >= 0.3 is 0 Å². The van der Waals surface area contributed by atoms with Crippen molar-refractivity contribution in [3.63, 3.8) is 0 Å². The second kappa shape index (κ2) is 7.23. The SMILES string of the molecule is CC1CCCCN1CCCNc1ncncc1I. The number of hydrogen-bond donors (Lipinski definition) is 1. The highest BCUT2D eigenvalue weighted by Gasteiger charge is 2.16. The van der Waals surface area contributed by atoms with Crippen LogP contribution in [0.4, 0.5) is 5.82 Å². The fourth-order valence-corrected chi connectivity index (χ4v) is 2.91. The van der Waals surface area contributed by atoms with Crippen molar-refractivity contribution >= 4 is 28.4 Å². The molecule has 2 heterocycles. The van der Waals surface area contributed by atoms with Gasteiger partial charge in [-0.3, -0.25) is 0 Å². The predicted octanol–water partition coefficient (Wildman–Crippen LogP) is 2.76. The zero-order valence-corrected chi connectivity index (χ0v) is 13.1. The maximum Gasteiger partial charge on any atom is 0.142 e. The van der Waals surface area contributed by atoms with Crippen molar-refractivity contribution < 1.29 is 0 Å². The number of nitrogens with one attached hydrogen (secondary N) is 1. The Labute approximate surface area is 123 Å². The van der Waals surface area contributed by atoms with E-state index in [1.165, 1.54) is 38.8 Å². The van der Waals surface area contributed by atoms with E-state index in [9.17, 15) is 0 Å². The summed E-state index contributed by atoms with van der Waals surface area (Å²) in [6.45, 7) is 5.79. The Morgan fingerprint density at radius 1 is 1.50 bits per heavy atom. The average molecular weight is 360 g/mol. The highest BCUT2D eigenvalue weighted by molar-refractivity contribution is 14.1. The lowest BCUT2D eigenvalue weighted by molar-refractivity contribution is 0.160. The number of likely N-dealkylation sites (tertiary alicyclic amines) is 1. The van der Waals surface area contributed by atoms with Gasteiger partial charge in [0.1, 0.15) is 12.1 Å². The second-order valence-corrected chi connectivity index (χ2v) is 6.04. The summed E-state index contributed by atoms with van der Waals surface area (Å²) in [6.07, 6.45) is 8.72. The van der Waals surface area contributed by atoms with Crippen LogP contribution in [0.2, 0.25) is 0 Å². The summed E-state index contributed by atoms with van der Waals surface area (Å²) >= 11 is 2.26. The Hall–Kier alpha value is -0.430. The maximum absolute atomic E-state index is 4.23. The van der Waals surface area contributed by atoms with E-state index in [1.807, 2.05) is 6.20 Å². The van der Waals surface area contributed by atoms with Gasteiger partial charge in [0, 0.05) is 25.3 Å². The summed E-state index contributed by atoms with van der Waals surface area (Å²) in [6, 6.07) is 0.762. The molecule has 0 bridgehead atoms. The molecule has 0 aromatic carbocycles. The minimum absolute atomic E-state index is 0.762. The molecular formula is C13H21IN4. The van der Waals surface area contributed by atoms with Crippen LogP contribution in [0.3, 0.4) is 0 Å². The fraction of sp³-hybridized carbons (Fsp3) is 0.692. The van der Waals surface area contributed by atoms with E-state index < -0.39 is 0 Å². The third-order valence-corrected chi connectivity index (χ3v) is 4.31. The molecule has 1 aromatic heterocycles. The maximum atomic E-state index is 4.23. The number of halogens is 1. The molecule has 0 amide bonds. The van der Waals surface area contributed by atoms with Crippen molar-refractivity contribution in [2.45, 2.75) is 38.6 Å². The Balaban J connectivity index is 1.68. The van der Waals surface area contributed by atoms with E-state index in [0.717, 1.165) is 22.0 Å². The van der Waals surface area contributed by atoms with Crippen molar-refractivity contribution in [1.29, 1.82) is 0 Å². The molecule has 5 heteroatoms.